The van der Waals surface area contributed by atoms with Crippen molar-refractivity contribution in [2.45, 2.75) is 20.0 Å². The van der Waals surface area contributed by atoms with Crippen molar-refractivity contribution in [2.75, 3.05) is 32.7 Å². The SMILES string of the molecule is CCNC(=NCc1ccc(Br)s1)N1CCN(Cc2ccon2)CC1. The molecule has 0 atom stereocenters. The van der Waals surface area contributed by atoms with Crippen LogP contribution in [0.25, 0.3) is 0 Å². The summed E-state index contributed by atoms with van der Waals surface area (Å²) in [5, 5.41) is 7.40. The summed E-state index contributed by atoms with van der Waals surface area (Å²) in [5.74, 6) is 1.00. The number of aromatic nitrogens is 1. The second-order valence-electron chi connectivity index (χ2n) is 5.63. The van der Waals surface area contributed by atoms with Gasteiger partial charge in [-0.05, 0) is 35.0 Å². The van der Waals surface area contributed by atoms with E-state index in [2.05, 4.69) is 55.3 Å². The summed E-state index contributed by atoms with van der Waals surface area (Å²) < 4.78 is 6.06. The van der Waals surface area contributed by atoms with Gasteiger partial charge in [0.1, 0.15) is 6.26 Å². The molecule has 1 fully saturated rings. The van der Waals surface area contributed by atoms with Crippen LogP contribution in [0.15, 0.2) is 37.8 Å². The molecule has 0 aliphatic carbocycles. The molecule has 6 nitrogen and oxygen atoms in total. The van der Waals surface area contributed by atoms with Crippen molar-refractivity contribution >= 4 is 33.2 Å². The molecule has 1 aliphatic heterocycles. The van der Waals surface area contributed by atoms with Crippen LogP contribution >= 0.6 is 27.3 Å². The van der Waals surface area contributed by atoms with E-state index in [1.54, 1.807) is 17.6 Å². The molecule has 1 saturated heterocycles. The summed E-state index contributed by atoms with van der Waals surface area (Å²) in [6, 6.07) is 6.12. The van der Waals surface area contributed by atoms with E-state index in [0.29, 0.717) is 0 Å². The normalized spacial score (nSPS) is 16.6. The Morgan fingerprint density at radius 1 is 1.33 bits per heavy atom. The average molecular weight is 412 g/mol. The predicted octanol–water partition coefficient (Wildman–Crippen LogP) is 2.78. The lowest BCUT2D eigenvalue weighted by atomic mass is 10.3. The standard InChI is InChI=1S/C16H22BrN5OS/c1-2-18-16(19-11-14-3-4-15(17)24-14)22-8-6-21(7-9-22)12-13-5-10-23-20-13/h3-5,10H,2,6-9,11-12H2,1H3,(H,18,19). The van der Waals surface area contributed by atoms with Gasteiger partial charge < -0.3 is 14.7 Å². The Hall–Kier alpha value is -1.38. The first-order chi connectivity index (χ1) is 11.7. The van der Waals surface area contributed by atoms with Crippen LogP contribution in [0.4, 0.5) is 0 Å². The van der Waals surface area contributed by atoms with Gasteiger partial charge in [0.15, 0.2) is 5.96 Å². The molecule has 8 heteroatoms. The summed E-state index contributed by atoms with van der Waals surface area (Å²) in [5.41, 5.74) is 0.993. The molecule has 0 spiro atoms. The Morgan fingerprint density at radius 2 is 2.17 bits per heavy atom. The molecule has 0 unspecified atom stereocenters. The van der Waals surface area contributed by atoms with Gasteiger partial charge >= 0.3 is 0 Å². The maximum atomic E-state index is 4.90. The molecular formula is C16H22BrN5OS. The van der Waals surface area contributed by atoms with Gasteiger partial charge in [-0.15, -0.1) is 11.3 Å². The summed E-state index contributed by atoms with van der Waals surface area (Å²) >= 11 is 5.24. The van der Waals surface area contributed by atoms with Gasteiger partial charge in [0.25, 0.3) is 0 Å². The van der Waals surface area contributed by atoms with Crippen LogP contribution in [-0.4, -0.2) is 53.6 Å². The molecule has 130 valence electrons. The van der Waals surface area contributed by atoms with E-state index >= 15 is 0 Å². The van der Waals surface area contributed by atoms with Crippen LogP contribution in [-0.2, 0) is 13.1 Å². The summed E-state index contributed by atoms with van der Waals surface area (Å²) in [6.45, 7) is 8.50. The van der Waals surface area contributed by atoms with Crippen molar-refractivity contribution in [3.8, 4) is 0 Å². The summed E-state index contributed by atoms with van der Waals surface area (Å²) in [6.07, 6.45) is 1.63. The fourth-order valence-corrected chi connectivity index (χ4v) is 4.09. The van der Waals surface area contributed by atoms with Gasteiger partial charge in [-0.2, -0.15) is 0 Å². The van der Waals surface area contributed by atoms with E-state index < -0.39 is 0 Å². The third-order valence-corrected chi connectivity index (χ3v) is 5.51. The van der Waals surface area contributed by atoms with Crippen LogP contribution in [0.3, 0.4) is 0 Å². The Morgan fingerprint density at radius 3 is 2.79 bits per heavy atom. The summed E-state index contributed by atoms with van der Waals surface area (Å²) in [4.78, 5) is 10.8. The number of aliphatic imine (C=N–C) groups is 1. The zero-order valence-corrected chi connectivity index (χ0v) is 16.1. The van der Waals surface area contributed by atoms with E-state index in [1.807, 2.05) is 6.07 Å². The van der Waals surface area contributed by atoms with Crippen LogP contribution in [0.5, 0.6) is 0 Å². The molecule has 0 saturated carbocycles. The van der Waals surface area contributed by atoms with Crippen molar-refractivity contribution in [1.29, 1.82) is 0 Å². The average Bonchev–Trinajstić information content (AvgIpc) is 3.24. The van der Waals surface area contributed by atoms with Crippen molar-refractivity contribution in [1.82, 2.24) is 20.3 Å². The monoisotopic (exact) mass is 411 g/mol. The minimum Gasteiger partial charge on any atom is -0.364 e. The highest BCUT2D eigenvalue weighted by Crippen LogP contribution is 2.22. The molecule has 2 aromatic rings. The number of nitrogens with zero attached hydrogens (tertiary/aromatic N) is 4. The van der Waals surface area contributed by atoms with Gasteiger partial charge in [0.05, 0.1) is 16.0 Å². The molecule has 0 aromatic carbocycles. The highest BCUT2D eigenvalue weighted by Gasteiger charge is 2.20. The van der Waals surface area contributed by atoms with E-state index in [-0.39, 0.29) is 0 Å². The molecule has 1 N–H and O–H groups in total. The topological polar surface area (TPSA) is 56.9 Å². The number of hydrogen-bond acceptors (Lipinski definition) is 5. The van der Waals surface area contributed by atoms with Crippen molar-refractivity contribution < 1.29 is 4.52 Å². The number of nitrogens with one attached hydrogen (secondary N) is 1. The Balaban J connectivity index is 1.54. The third-order valence-electron chi connectivity index (χ3n) is 3.90. The minimum atomic E-state index is 0.720. The first-order valence-electron chi connectivity index (χ1n) is 8.13. The van der Waals surface area contributed by atoms with Gasteiger partial charge in [-0.3, -0.25) is 4.90 Å². The lowest BCUT2D eigenvalue weighted by Crippen LogP contribution is -2.52. The highest BCUT2D eigenvalue weighted by atomic mass is 79.9. The van der Waals surface area contributed by atoms with Gasteiger partial charge in [0, 0.05) is 50.2 Å². The van der Waals surface area contributed by atoms with Crippen LogP contribution in [0.1, 0.15) is 17.5 Å². The first-order valence-corrected chi connectivity index (χ1v) is 9.74. The molecule has 24 heavy (non-hydrogen) atoms. The second-order valence-corrected chi connectivity index (χ2v) is 8.18. The fraction of sp³-hybridized carbons (Fsp3) is 0.500. The van der Waals surface area contributed by atoms with Crippen LogP contribution in [0.2, 0.25) is 0 Å². The second kappa shape index (κ2) is 8.64. The van der Waals surface area contributed by atoms with Crippen LogP contribution < -0.4 is 5.32 Å². The lowest BCUT2D eigenvalue weighted by molar-refractivity contribution is 0.169. The van der Waals surface area contributed by atoms with E-state index in [9.17, 15) is 0 Å². The molecule has 0 radical (unpaired) electrons. The fourth-order valence-electron chi connectivity index (χ4n) is 2.68. The Kier molecular flexibility index (Phi) is 6.28. The van der Waals surface area contributed by atoms with E-state index in [4.69, 9.17) is 9.52 Å². The van der Waals surface area contributed by atoms with Gasteiger partial charge in [-0.25, -0.2) is 4.99 Å². The molecule has 1 aliphatic rings. The number of halogens is 1. The molecular weight excluding hydrogens is 390 g/mol. The van der Waals surface area contributed by atoms with E-state index in [0.717, 1.165) is 61.3 Å². The zero-order valence-electron chi connectivity index (χ0n) is 13.7. The van der Waals surface area contributed by atoms with Gasteiger partial charge in [-0.1, -0.05) is 5.16 Å². The Labute approximate surface area is 154 Å². The van der Waals surface area contributed by atoms with Crippen molar-refractivity contribution in [3.05, 3.63) is 38.8 Å². The zero-order chi connectivity index (χ0) is 16.8. The molecule has 0 bridgehead atoms. The predicted molar refractivity (Wildman–Crippen MR) is 100 cm³/mol. The smallest absolute Gasteiger partial charge is 0.194 e. The van der Waals surface area contributed by atoms with Crippen LogP contribution in [0, 0.1) is 0 Å². The van der Waals surface area contributed by atoms with Gasteiger partial charge in [0.2, 0.25) is 0 Å². The molecule has 0 amide bonds. The number of hydrogen-bond donors (Lipinski definition) is 1. The summed E-state index contributed by atoms with van der Waals surface area (Å²) in [7, 11) is 0. The number of thiophene rings is 1. The third kappa shape index (κ3) is 4.81. The van der Waals surface area contributed by atoms with Crippen molar-refractivity contribution in [3.63, 3.8) is 0 Å². The van der Waals surface area contributed by atoms with E-state index in [1.165, 1.54) is 4.88 Å². The maximum Gasteiger partial charge on any atom is 0.194 e. The largest absolute Gasteiger partial charge is 0.364 e. The Bertz CT molecular complexity index is 649. The van der Waals surface area contributed by atoms with Crippen molar-refractivity contribution in [2.24, 2.45) is 4.99 Å². The number of piperazine rings is 1. The molecule has 3 rings (SSSR count). The molecule has 2 aromatic heterocycles. The molecule has 3 heterocycles. The minimum absolute atomic E-state index is 0.720. The quantitative estimate of drug-likeness (QED) is 0.605. The number of rotatable bonds is 5. The number of guanidine groups is 1. The lowest BCUT2D eigenvalue weighted by Gasteiger charge is -2.36. The maximum absolute atomic E-state index is 4.90. The highest BCUT2D eigenvalue weighted by molar-refractivity contribution is 9.11. The first kappa shape index (κ1) is 17.4.